The molecule has 3 rings (SSSR count). The maximum absolute atomic E-state index is 12.1. The molecule has 1 N–H and O–H groups in total. The predicted octanol–water partition coefficient (Wildman–Crippen LogP) is 1.73. The van der Waals surface area contributed by atoms with Crippen LogP contribution in [0.3, 0.4) is 0 Å². The number of carbonyl (C=O) groups is 2. The van der Waals surface area contributed by atoms with Crippen LogP contribution in [-0.4, -0.2) is 55.2 Å². The summed E-state index contributed by atoms with van der Waals surface area (Å²) in [4.78, 5) is 29.4. The summed E-state index contributed by atoms with van der Waals surface area (Å²) in [5.41, 5.74) is 0.929. The molecule has 1 aromatic rings. The number of likely N-dealkylation sites (tertiary alicyclic amines) is 1. The molecular weight excluding hydrogens is 310 g/mol. The van der Waals surface area contributed by atoms with Crippen LogP contribution in [0.4, 0.5) is 5.69 Å². The van der Waals surface area contributed by atoms with Crippen molar-refractivity contribution in [3.63, 3.8) is 0 Å². The number of hydrogen-bond acceptors (Lipinski definition) is 4. The van der Waals surface area contributed by atoms with E-state index in [9.17, 15) is 9.59 Å². The van der Waals surface area contributed by atoms with Gasteiger partial charge in [-0.15, -0.1) is 11.8 Å². The molecule has 1 saturated heterocycles. The summed E-state index contributed by atoms with van der Waals surface area (Å²) in [6, 6.07) is 7.88. The molecule has 0 radical (unpaired) electrons. The van der Waals surface area contributed by atoms with Crippen LogP contribution in [0.25, 0.3) is 0 Å². The Balaban J connectivity index is 1.45. The Morgan fingerprint density at radius 1 is 1.17 bits per heavy atom. The molecule has 124 valence electrons. The van der Waals surface area contributed by atoms with Crippen molar-refractivity contribution in [1.82, 2.24) is 10.2 Å². The molecule has 0 aromatic heterocycles. The molecule has 2 aliphatic rings. The van der Waals surface area contributed by atoms with E-state index in [-0.39, 0.29) is 11.8 Å². The van der Waals surface area contributed by atoms with Crippen molar-refractivity contribution < 1.29 is 9.59 Å². The Kier molecular flexibility index (Phi) is 5.56. The zero-order chi connectivity index (χ0) is 16.1. The van der Waals surface area contributed by atoms with E-state index in [1.165, 1.54) is 12.8 Å². The van der Waals surface area contributed by atoms with E-state index in [2.05, 4.69) is 10.2 Å². The van der Waals surface area contributed by atoms with Crippen LogP contribution >= 0.6 is 11.8 Å². The van der Waals surface area contributed by atoms with Crippen molar-refractivity contribution in [3.8, 4) is 0 Å². The summed E-state index contributed by atoms with van der Waals surface area (Å²) in [5, 5.41) is 2.96. The summed E-state index contributed by atoms with van der Waals surface area (Å²) in [6.45, 7) is 4.36. The molecule has 0 atom stereocenters. The molecule has 23 heavy (non-hydrogen) atoms. The largest absolute Gasteiger partial charge is 0.355 e. The van der Waals surface area contributed by atoms with E-state index in [1.54, 1.807) is 16.7 Å². The first-order chi connectivity index (χ1) is 11.2. The third kappa shape index (κ3) is 4.26. The van der Waals surface area contributed by atoms with E-state index in [4.69, 9.17) is 0 Å². The fourth-order valence-corrected chi connectivity index (χ4v) is 4.00. The average Bonchev–Trinajstić information content (AvgIpc) is 3.07. The normalized spacial score (nSPS) is 18.1. The van der Waals surface area contributed by atoms with E-state index >= 15 is 0 Å². The third-order valence-corrected chi connectivity index (χ3v) is 5.37. The molecule has 1 fully saturated rings. The predicted molar refractivity (Wildman–Crippen MR) is 92.8 cm³/mol. The second-order valence-corrected chi connectivity index (χ2v) is 6.97. The maximum Gasteiger partial charge on any atom is 0.237 e. The number of rotatable bonds is 6. The van der Waals surface area contributed by atoms with Gasteiger partial charge in [0.15, 0.2) is 0 Å². The van der Waals surface area contributed by atoms with Gasteiger partial charge >= 0.3 is 0 Å². The van der Waals surface area contributed by atoms with Gasteiger partial charge in [0.05, 0.1) is 11.4 Å². The Bertz CT molecular complexity index is 573. The summed E-state index contributed by atoms with van der Waals surface area (Å²) < 4.78 is 0. The second-order valence-electron chi connectivity index (χ2n) is 5.95. The lowest BCUT2D eigenvalue weighted by molar-refractivity contribution is -0.121. The molecule has 2 amide bonds. The number of nitrogens with zero attached hydrogens (tertiary/aromatic N) is 2. The molecule has 0 saturated carbocycles. The first-order valence-corrected chi connectivity index (χ1v) is 9.24. The number of thioether (sulfide) groups is 1. The van der Waals surface area contributed by atoms with Crippen LogP contribution in [0, 0.1) is 0 Å². The fourth-order valence-electron chi connectivity index (χ4n) is 3.06. The summed E-state index contributed by atoms with van der Waals surface area (Å²) >= 11 is 1.57. The van der Waals surface area contributed by atoms with Crippen molar-refractivity contribution in [2.75, 3.05) is 43.4 Å². The maximum atomic E-state index is 12.1. The molecule has 1 aromatic carbocycles. The minimum atomic E-state index is 0.0210. The second kappa shape index (κ2) is 7.84. The van der Waals surface area contributed by atoms with Crippen LogP contribution < -0.4 is 10.2 Å². The molecular formula is C17H23N3O2S. The lowest BCUT2D eigenvalue weighted by atomic mass is 10.2. The summed E-state index contributed by atoms with van der Waals surface area (Å²) in [5.74, 6) is 0.555. The highest BCUT2D eigenvalue weighted by molar-refractivity contribution is 8.00. The molecule has 2 heterocycles. The number of fused-ring (bicyclic) bond motifs is 1. The molecule has 6 heteroatoms. The smallest absolute Gasteiger partial charge is 0.237 e. The number of carbonyl (C=O) groups excluding carboxylic acids is 2. The quantitative estimate of drug-likeness (QED) is 0.861. The highest BCUT2D eigenvalue weighted by Crippen LogP contribution is 2.34. The van der Waals surface area contributed by atoms with Gasteiger partial charge in [0, 0.05) is 31.0 Å². The number of hydrogen-bond donors (Lipinski definition) is 1. The Morgan fingerprint density at radius 3 is 2.78 bits per heavy atom. The first kappa shape index (κ1) is 16.3. The Hall–Kier alpha value is -1.53. The van der Waals surface area contributed by atoms with Gasteiger partial charge in [-0.05, 0) is 38.1 Å². The third-order valence-electron chi connectivity index (χ3n) is 4.32. The van der Waals surface area contributed by atoms with Crippen LogP contribution in [0.2, 0.25) is 0 Å². The first-order valence-electron chi connectivity index (χ1n) is 8.25. The molecule has 0 unspecified atom stereocenters. The molecule has 0 bridgehead atoms. The van der Waals surface area contributed by atoms with E-state index in [0.717, 1.165) is 30.2 Å². The van der Waals surface area contributed by atoms with Crippen molar-refractivity contribution in [3.05, 3.63) is 24.3 Å². The lowest BCUT2D eigenvalue weighted by Gasteiger charge is -2.28. The van der Waals surface area contributed by atoms with Crippen LogP contribution in [0.1, 0.15) is 19.3 Å². The van der Waals surface area contributed by atoms with Gasteiger partial charge in [-0.3, -0.25) is 9.59 Å². The number of nitrogens with one attached hydrogen (secondary N) is 1. The molecule has 0 spiro atoms. The van der Waals surface area contributed by atoms with Crippen LogP contribution in [0.5, 0.6) is 0 Å². The van der Waals surface area contributed by atoms with E-state index in [1.807, 2.05) is 24.3 Å². The van der Waals surface area contributed by atoms with Gasteiger partial charge in [-0.1, -0.05) is 12.1 Å². The standard InChI is InChI=1S/C17H23N3O2S/c21-16(18-8-12-19-9-3-4-10-19)7-11-20-14-5-1-2-6-15(14)23-13-17(20)22/h1-2,5-6H,3-4,7-13H2,(H,18,21). The Labute approximate surface area is 141 Å². The van der Waals surface area contributed by atoms with Crippen LogP contribution in [0.15, 0.2) is 29.2 Å². The number of amides is 2. The van der Waals surface area contributed by atoms with Gasteiger partial charge in [0.1, 0.15) is 0 Å². The van der Waals surface area contributed by atoms with Gasteiger partial charge in [-0.2, -0.15) is 0 Å². The van der Waals surface area contributed by atoms with Crippen molar-refractivity contribution >= 4 is 29.3 Å². The number of benzene rings is 1. The zero-order valence-electron chi connectivity index (χ0n) is 13.3. The van der Waals surface area contributed by atoms with Gasteiger partial charge in [-0.25, -0.2) is 0 Å². The average molecular weight is 333 g/mol. The highest BCUT2D eigenvalue weighted by atomic mass is 32.2. The topological polar surface area (TPSA) is 52.7 Å². The van der Waals surface area contributed by atoms with Gasteiger partial charge < -0.3 is 15.1 Å². The van der Waals surface area contributed by atoms with E-state index < -0.39 is 0 Å². The van der Waals surface area contributed by atoms with E-state index in [0.29, 0.717) is 25.3 Å². The van der Waals surface area contributed by atoms with Crippen molar-refractivity contribution in [2.45, 2.75) is 24.2 Å². The van der Waals surface area contributed by atoms with Gasteiger partial charge in [0.25, 0.3) is 0 Å². The summed E-state index contributed by atoms with van der Waals surface area (Å²) in [6.07, 6.45) is 2.88. The lowest BCUT2D eigenvalue weighted by Crippen LogP contribution is -2.39. The number of para-hydroxylation sites is 1. The summed E-state index contributed by atoms with van der Waals surface area (Å²) in [7, 11) is 0. The fraction of sp³-hybridized carbons (Fsp3) is 0.529. The monoisotopic (exact) mass is 333 g/mol. The minimum absolute atomic E-state index is 0.0210. The highest BCUT2D eigenvalue weighted by Gasteiger charge is 2.24. The zero-order valence-corrected chi connectivity index (χ0v) is 14.1. The van der Waals surface area contributed by atoms with Crippen molar-refractivity contribution in [2.24, 2.45) is 0 Å². The molecule has 5 nitrogen and oxygen atoms in total. The SMILES string of the molecule is O=C(CCN1C(=O)CSc2ccccc21)NCCN1CCCC1. The van der Waals surface area contributed by atoms with Crippen molar-refractivity contribution in [1.29, 1.82) is 0 Å². The molecule has 2 aliphatic heterocycles. The molecule has 0 aliphatic carbocycles. The number of anilines is 1. The minimum Gasteiger partial charge on any atom is -0.355 e. The van der Waals surface area contributed by atoms with Gasteiger partial charge in [0.2, 0.25) is 11.8 Å². The Morgan fingerprint density at radius 2 is 1.96 bits per heavy atom. The van der Waals surface area contributed by atoms with Crippen LogP contribution in [-0.2, 0) is 9.59 Å².